The Hall–Kier alpha value is -0.160. The Morgan fingerprint density at radius 2 is 1.50 bits per heavy atom. The largest absolute Gasteiger partial charge is 0.412 e. The summed E-state index contributed by atoms with van der Waals surface area (Å²) in [7, 11) is 1.00. The Labute approximate surface area is 48.7 Å². The lowest BCUT2D eigenvalue weighted by atomic mass is 10.5. The molecule has 5 N–H and O–H groups in total. The van der Waals surface area contributed by atoms with Crippen molar-refractivity contribution < 1.29 is 20.8 Å². The maximum Gasteiger partial charge on any atom is 0.0742 e. The topological polar surface area (TPSA) is 92.2 Å². The molecule has 0 aromatic heterocycles. The quantitative estimate of drug-likeness (QED) is 0.385. The maximum atomic E-state index is 8.11. The molecular formula is C4H14O4. The molecule has 0 aromatic rings. The minimum absolute atomic E-state index is 0. The van der Waals surface area contributed by atoms with Gasteiger partial charge in [-0.3, -0.25) is 0 Å². The molecule has 0 saturated carbocycles. The van der Waals surface area contributed by atoms with Crippen LogP contribution in [0.5, 0.6) is 0 Å². The predicted octanol–water partition coefficient (Wildman–Crippen LogP) is -1.86. The van der Waals surface area contributed by atoms with Crippen LogP contribution in [0, 0.1) is 0 Å². The lowest BCUT2D eigenvalue weighted by Gasteiger charge is -1.90. The highest BCUT2D eigenvalue weighted by Crippen LogP contribution is 1.68. The molecule has 0 aliphatic heterocycles. The van der Waals surface area contributed by atoms with E-state index in [0.717, 1.165) is 7.11 Å². The number of rotatable bonds is 1. The normalized spacial score (nSPS) is 10.1. The number of aliphatic hydroxyl groups is 3. The zero-order valence-electron chi connectivity index (χ0n) is 5.13. The molecule has 1 atom stereocenters. The highest BCUT2D eigenvalue weighted by atomic mass is 16.3. The molecule has 54 valence electrons. The van der Waals surface area contributed by atoms with Gasteiger partial charge in [-0.05, 0) is 6.92 Å². The predicted molar refractivity (Wildman–Crippen MR) is 30.5 cm³/mol. The highest BCUT2D eigenvalue weighted by Gasteiger charge is 1.83. The van der Waals surface area contributed by atoms with Crippen LogP contribution >= 0.6 is 0 Å². The minimum atomic E-state index is -0.560. The zero-order chi connectivity index (χ0) is 6.28. The summed E-state index contributed by atoms with van der Waals surface area (Å²) in [5, 5.41) is 23.0. The van der Waals surface area contributed by atoms with E-state index < -0.39 is 6.10 Å². The fraction of sp³-hybridized carbons (Fsp3) is 1.00. The van der Waals surface area contributed by atoms with E-state index in [1.807, 2.05) is 0 Å². The maximum absolute atomic E-state index is 8.11. The average molecular weight is 126 g/mol. The fourth-order valence-electron chi connectivity index (χ4n) is 0. The van der Waals surface area contributed by atoms with Gasteiger partial charge in [0.2, 0.25) is 0 Å². The third kappa shape index (κ3) is 40.4. The molecule has 0 heterocycles. The van der Waals surface area contributed by atoms with E-state index in [1.165, 1.54) is 6.92 Å². The third-order valence-corrected chi connectivity index (χ3v) is 0.264. The Morgan fingerprint density at radius 3 is 1.50 bits per heavy atom. The van der Waals surface area contributed by atoms with Crippen LogP contribution in [0.3, 0.4) is 0 Å². The number of hydrogen-bond acceptors (Lipinski definition) is 3. The van der Waals surface area contributed by atoms with Gasteiger partial charge in [0, 0.05) is 7.11 Å². The van der Waals surface area contributed by atoms with E-state index in [2.05, 4.69) is 0 Å². The summed E-state index contributed by atoms with van der Waals surface area (Å²) in [6.45, 7) is 1.39. The van der Waals surface area contributed by atoms with Crippen molar-refractivity contribution >= 4 is 0 Å². The van der Waals surface area contributed by atoms with Gasteiger partial charge in [-0.15, -0.1) is 0 Å². The first-order chi connectivity index (χ1) is 3.27. The van der Waals surface area contributed by atoms with Crippen LogP contribution in [0.15, 0.2) is 0 Å². The number of hydrogen-bond donors (Lipinski definition) is 3. The molecule has 0 amide bonds. The smallest absolute Gasteiger partial charge is 0.0742 e. The lowest BCUT2D eigenvalue weighted by Crippen LogP contribution is -2.03. The second kappa shape index (κ2) is 15.8. The summed E-state index contributed by atoms with van der Waals surface area (Å²) in [4.78, 5) is 0. The SMILES string of the molecule is CC(O)CO.CO.O. The Balaban J connectivity index is -0.0000000750. The van der Waals surface area contributed by atoms with E-state index in [4.69, 9.17) is 15.3 Å². The van der Waals surface area contributed by atoms with Gasteiger partial charge in [-0.1, -0.05) is 0 Å². The second-order valence-electron chi connectivity index (χ2n) is 1.03. The van der Waals surface area contributed by atoms with Gasteiger partial charge in [-0.2, -0.15) is 0 Å². The first-order valence-electron chi connectivity index (χ1n) is 2.01. The highest BCUT2D eigenvalue weighted by molar-refractivity contribution is 4.33. The van der Waals surface area contributed by atoms with Crippen LogP contribution in [-0.4, -0.2) is 40.6 Å². The molecule has 0 saturated heterocycles. The molecule has 8 heavy (non-hydrogen) atoms. The molecule has 0 fully saturated rings. The summed E-state index contributed by atoms with van der Waals surface area (Å²) in [6.07, 6.45) is -0.560. The van der Waals surface area contributed by atoms with Crippen molar-refractivity contribution in [3.63, 3.8) is 0 Å². The van der Waals surface area contributed by atoms with Crippen molar-refractivity contribution in [1.82, 2.24) is 0 Å². The van der Waals surface area contributed by atoms with Gasteiger partial charge in [0.15, 0.2) is 0 Å². The summed E-state index contributed by atoms with van der Waals surface area (Å²) >= 11 is 0. The van der Waals surface area contributed by atoms with Crippen molar-refractivity contribution in [3.05, 3.63) is 0 Å². The Kier molecular flexibility index (Phi) is 31.0. The molecule has 0 spiro atoms. The Bertz CT molecular complexity index is 22.0. The first-order valence-corrected chi connectivity index (χ1v) is 2.01. The van der Waals surface area contributed by atoms with Gasteiger partial charge in [-0.25, -0.2) is 0 Å². The van der Waals surface area contributed by atoms with E-state index >= 15 is 0 Å². The molecule has 0 aromatic carbocycles. The zero-order valence-corrected chi connectivity index (χ0v) is 5.13. The number of aliphatic hydroxyl groups excluding tert-OH is 3. The molecular weight excluding hydrogens is 112 g/mol. The fourth-order valence-corrected chi connectivity index (χ4v) is 0. The molecule has 4 heteroatoms. The van der Waals surface area contributed by atoms with Gasteiger partial charge >= 0.3 is 0 Å². The van der Waals surface area contributed by atoms with Crippen LogP contribution in [-0.2, 0) is 0 Å². The molecule has 4 nitrogen and oxygen atoms in total. The molecule has 0 bridgehead atoms. The van der Waals surface area contributed by atoms with E-state index in [0.29, 0.717) is 0 Å². The molecule has 0 rings (SSSR count). The van der Waals surface area contributed by atoms with Crippen LogP contribution in [0.2, 0.25) is 0 Å². The van der Waals surface area contributed by atoms with Crippen LogP contribution in [0.4, 0.5) is 0 Å². The molecule has 0 aliphatic carbocycles. The van der Waals surface area contributed by atoms with Crippen molar-refractivity contribution in [2.45, 2.75) is 13.0 Å². The van der Waals surface area contributed by atoms with Crippen LogP contribution in [0.25, 0.3) is 0 Å². The summed E-state index contributed by atoms with van der Waals surface area (Å²) in [5.41, 5.74) is 0. The first kappa shape index (κ1) is 15.7. The van der Waals surface area contributed by atoms with Crippen molar-refractivity contribution in [2.24, 2.45) is 0 Å². The van der Waals surface area contributed by atoms with Crippen LogP contribution in [0.1, 0.15) is 6.92 Å². The van der Waals surface area contributed by atoms with E-state index in [9.17, 15) is 0 Å². The monoisotopic (exact) mass is 126 g/mol. The lowest BCUT2D eigenvalue weighted by molar-refractivity contribution is 0.110. The van der Waals surface area contributed by atoms with Crippen molar-refractivity contribution in [3.8, 4) is 0 Å². The standard InChI is InChI=1S/C3H8O2.CH4O.H2O/c1-3(5)2-4;1-2;/h3-5H,2H2,1H3;2H,1H3;1H2. The van der Waals surface area contributed by atoms with Gasteiger partial charge < -0.3 is 20.8 Å². The molecule has 0 aliphatic rings. The van der Waals surface area contributed by atoms with Gasteiger partial charge in [0.25, 0.3) is 0 Å². The molecule has 1 unspecified atom stereocenters. The minimum Gasteiger partial charge on any atom is -0.412 e. The van der Waals surface area contributed by atoms with Gasteiger partial charge in [0.1, 0.15) is 0 Å². The summed E-state index contributed by atoms with van der Waals surface area (Å²) in [6, 6.07) is 0. The summed E-state index contributed by atoms with van der Waals surface area (Å²) < 4.78 is 0. The molecule has 0 radical (unpaired) electrons. The van der Waals surface area contributed by atoms with Gasteiger partial charge in [0.05, 0.1) is 12.7 Å². The third-order valence-electron chi connectivity index (χ3n) is 0.264. The van der Waals surface area contributed by atoms with Crippen molar-refractivity contribution in [1.29, 1.82) is 0 Å². The second-order valence-corrected chi connectivity index (χ2v) is 1.03. The van der Waals surface area contributed by atoms with E-state index in [-0.39, 0.29) is 12.1 Å². The van der Waals surface area contributed by atoms with Crippen molar-refractivity contribution in [2.75, 3.05) is 13.7 Å². The van der Waals surface area contributed by atoms with Crippen LogP contribution < -0.4 is 0 Å². The van der Waals surface area contributed by atoms with E-state index in [1.54, 1.807) is 0 Å². The average Bonchev–Trinajstić information content (AvgIpc) is 1.73. The Morgan fingerprint density at radius 1 is 1.38 bits per heavy atom. The summed E-state index contributed by atoms with van der Waals surface area (Å²) in [5.74, 6) is 0.